The smallest absolute Gasteiger partial charge is 0.327 e. The van der Waals surface area contributed by atoms with Crippen LogP contribution in [0.2, 0.25) is 0 Å². The first kappa shape index (κ1) is 11.2. The van der Waals surface area contributed by atoms with E-state index in [9.17, 15) is 4.79 Å². The number of esters is 1. The molecular formula is C8H12BrN3O2. The van der Waals surface area contributed by atoms with Crippen molar-refractivity contribution in [3.63, 3.8) is 0 Å². The molecule has 1 aromatic rings. The van der Waals surface area contributed by atoms with E-state index in [1.165, 1.54) is 7.11 Å². The van der Waals surface area contributed by atoms with Gasteiger partial charge in [-0.05, 0) is 22.9 Å². The summed E-state index contributed by atoms with van der Waals surface area (Å²) < 4.78 is 7.01. The summed E-state index contributed by atoms with van der Waals surface area (Å²) in [6.07, 6.45) is 3.38. The third kappa shape index (κ3) is 2.55. The van der Waals surface area contributed by atoms with Crippen LogP contribution in [0.1, 0.15) is 6.92 Å². The van der Waals surface area contributed by atoms with Crippen molar-refractivity contribution in [1.29, 1.82) is 0 Å². The molecule has 2 N–H and O–H groups in total. The van der Waals surface area contributed by atoms with E-state index in [0.717, 1.165) is 4.47 Å². The molecule has 0 saturated carbocycles. The monoisotopic (exact) mass is 261 g/mol. The highest BCUT2D eigenvalue weighted by molar-refractivity contribution is 9.10. The van der Waals surface area contributed by atoms with Crippen LogP contribution < -0.4 is 5.73 Å². The molecule has 5 nitrogen and oxygen atoms in total. The molecule has 14 heavy (non-hydrogen) atoms. The molecule has 1 aromatic heterocycles. The largest absolute Gasteiger partial charge is 0.468 e. The van der Waals surface area contributed by atoms with Gasteiger partial charge in [-0.2, -0.15) is 5.10 Å². The Hall–Kier alpha value is -0.880. The van der Waals surface area contributed by atoms with Crippen LogP contribution in [-0.4, -0.2) is 28.4 Å². The van der Waals surface area contributed by atoms with Gasteiger partial charge < -0.3 is 10.5 Å². The van der Waals surface area contributed by atoms with Crippen molar-refractivity contribution in [2.24, 2.45) is 5.73 Å². The predicted molar refractivity (Wildman–Crippen MR) is 54.5 cm³/mol. The van der Waals surface area contributed by atoms with Gasteiger partial charge in [0.2, 0.25) is 0 Å². The van der Waals surface area contributed by atoms with Gasteiger partial charge in [-0.25, -0.2) is 0 Å². The molecular weight excluding hydrogens is 250 g/mol. The zero-order valence-corrected chi connectivity index (χ0v) is 9.61. The highest BCUT2D eigenvalue weighted by Crippen LogP contribution is 2.10. The number of rotatable bonds is 3. The summed E-state index contributed by atoms with van der Waals surface area (Å²) in [6.45, 7) is 1.89. The fourth-order valence-corrected chi connectivity index (χ4v) is 1.39. The molecule has 0 saturated heterocycles. The van der Waals surface area contributed by atoms with Gasteiger partial charge in [0.1, 0.15) is 5.54 Å². The van der Waals surface area contributed by atoms with Crippen LogP contribution >= 0.6 is 15.9 Å². The van der Waals surface area contributed by atoms with Gasteiger partial charge in [0.15, 0.2) is 0 Å². The minimum absolute atomic E-state index is 0.283. The number of aromatic nitrogens is 2. The maximum Gasteiger partial charge on any atom is 0.327 e. The van der Waals surface area contributed by atoms with Crippen molar-refractivity contribution in [3.8, 4) is 0 Å². The Balaban J connectivity index is 2.72. The first-order chi connectivity index (χ1) is 6.45. The van der Waals surface area contributed by atoms with E-state index < -0.39 is 11.5 Å². The molecule has 6 heteroatoms. The first-order valence-corrected chi connectivity index (χ1v) is 4.80. The van der Waals surface area contributed by atoms with E-state index in [0.29, 0.717) is 0 Å². The minimum atomic E-state index is -1.06. The van der Waals surface area contributed by atoms with Crippen LogP contribution in [0.3, 0.4) is 0 Å². The van der Waals surface area contributed by atoms with E-state index in [4.69, 9.17) is 5.73 Å². The average Bonchev–Trinajstić information content (AvgIpc) is 2.48. The third-order valence-electron chi connectivity index (χ3n) is 1.74. The zero-order valence-electron chi connectivity index (χ0n) is 8.03. The number of carbonyl (C=O) groups is 1. The highest BCUT2D eigenvalue weighted by atomic mass is 79.9. The maximum absolute atomic E-state index is 11.2. The lowest BCUT2D eigenvalue weighted by Crippen LogP contribution is -2.49. The Bertz CT molecular complexity index is 335. The highest BCUT2D eigenvalue weighted by Gasteiger charge is 2.30. The second kappa shape index (κ2) is 4.10. The number of hydrogen-bond acceptors (Lipinski definition) is 4. The molecule has 1 rings (SSSR count). The van der Waals surface area contributed by atoms with Gasteiger partial charge in [0, 0.05) is 6.20 Å². The van der Waals surface area contributed by atoms with Gasteiger partial charge in [-0.1, -0.05) is 0 Å². The molecule has 0 amide bonds. The van der Waals surface area contributed by atoms with E-state index in [1.54, 1.807) is 24.0 Å². The van der Waals surface area contributed by atoms with Crippen LogP contribution in [0.25, 0.3) is 0 Å². The fraction of sp³-hybridized carbons (Fsp3) is 0.500. The van der Waals surface area contributed by atoms with Crippen molar-refractivity contribution < 1.29 is 9.53 Å². The van der Waals surface area contributed by atoms with Crippen molar-refractivity contribution in [2.45, 2.75) is 19.0 Å². The molecule has 0 bridgehead atoms. The standard InChI is InChI=1S/C8H12BrN3O2/c1-8(10,7(13)14-2)5-12-4-6(9)3-11-12/h3-4H,5,10H2,1-2H3. The lowest BCUT2D eigenvalue weighted by molar-refractivity contribution is -0.147. The fourth-order valence-electron chi connectivity index (χ4n) is 1.06. The Morgan fingerprint density at radius 3 is 2.93 bits per heavy atom. The number of nitrogens with two attached hydrogens (primary N) is 1. The lowest BCUT2D eigenvalue weighted by atomic mass is 10.1. The van der Waals surface area contributed by atoms with Gasteiger partial charge in [0.25, 0.3) is 0 Å². The number of nitrogens with zero attached hydrogens (tertiary/aromatic N) is 2. The average molecular weight is 262 g/mol. The Labute approximate surface area is 90.3 Å². The number of methoxy groups -OCH3 is 1. The predicted octanol–water partition coefficient (Wildman–Crippen LogP) is 0.536. The molecule has 1 atom stereocenters. The lowest BCUT2D eigenvalue weighted by Gasteiger charge is -2.20. The summed E-state index contributed by atoms with van der Waals surface area (Å²) in [5, 5.41) is 4.00. The van der Waals surface area contributed by atoms with E-state index in [2.05, 4.69) is 25.8 Å². The van der Waals surface area contributed by atoms with Gasteiger partial charge >= 0.3 is 5.97 Å². The Morgan fingerprint density at radius 2 is 2.50 bits per heavy atom. The van der Waals surface area contributed by atoms with Crippen LogP contribution in [0.15, 0.2) is 16.9 Å². The molecule has 0 fully saturated rings. The van der Waals surface area contributed by atoms with E-state index in [-0.39, 0.29) is 6.54 Å². The molecule has 0 aromatic carbocycles. The Kier molecular flexibility index (Phi) is 3.28. The normalized spacial score (nSPS) is 14.9. The summed E-state index contributed by atoms with van der Waals surface area (Å²) in [7, 11) is 1.31. The summed E-state index contributed by atoms with van der Waals surface area (Å²) in [5.74, 6) is -0.455. The van der Waals surface area contributed by atoms with Crippen molar-refractivity contribution in [3.05, 3.63) is 16.9 Å². The van der Waals surface area contributed by atoms with Crippen molar-refractivity contribution in [2.75, 3.05) is 7.11 Å². The van der Waals surface area contributed by atoms with Crippen LogP contribution in [0.4, 0.5) is 0 Å². The Morgan fingerprint density at radius 1 is 1.86 bits per heavy atom. The molecule has 0 aliphatic rings. The van der Waals surface area contributed by atoms with Gasteiger partial charge in [0.05, 0.1) is 24.3 Å². The van der Waals surface area contributed by atoms with Crippen LogP contribution in [-0.2, 0) is 16.1 Å². The van der Waals surface area contributed by atoms with Gasteiger partial charge in [-0.3, -0.25) is 9.48 Å². The maximum atomic E-state index is 11.2. The van der Waals surface area contributed by atoms with Crippen LogP contribution in [0, 0.1) is 0 Å². The molecule has 0 aliphatic carbocycles. The quantitative estimate of drug-likeness (QED) is 0.807. The molecule has 1 heterocycles. The topological polar surface area (TPSA) is 70.1 Å². The summed E-state index contributed by atoms with van der Waals surface area (Å²) >= 11 is 3.25. The SMILES string of the molecule is COC(=O)C(C)(N)Cn1cc(Br)cn1. The van der Waals surface area contributed by atoms with Crippen LogP contribution in [0.5, 0.6) is 0 Å². The number of ether oxygens (including phenoxy) is 1. The molecule has 0 radical (unpaired) electrons. The molecule has 78 valence electrons. The van der Waals surface area contributed by atoms with Crippen molar-refractivity contribution >= 4 is 21.9 Å². The summed E-state index contributed by atoms with van der Waals surface area (Å²) in [5.41, 5.74) is 4.71. The first-order valence-electron chi connectivity index (χ1n) is 4.01. The number of hydrogen-bond donors (Lipinski definition) is 1. The molecule has 0 aliphatic heterocycles. The van der Waals surface area contributed by atoms with Gasteiger partial charge in [-0.15, -0.1) is 0 Å². The number of carbonyl (C=O) groups excluding carboxylic acids is 1. The number of halogens is 1. The molecule has 0 spiro atoms. The summed E-state index contributed by atoms with van der Waals surface area (Å²) in [6, 6.07) is 0. The third-order valence-corrected chi connectivity index (χ3v) is 2.15. The molecule has 1 unspecified atom stereocenters. The minimum Gasteiger partial charge on any atom is -0.468 e. The van der Waals surface area contributed by atoms with Crippen molar-refractivity contribution in [1.82, 2.24) is 9.78 Å². The van der Waals surface area contributed by atoms with E-state index in [1.807, 2.05) is 0 Å². The second-order valence-corrected chi connectivity index (χ2v) is 4.18. The summed E-state index contributed by atoms with van der Waals surface area (Å²) in [4.78, 5) is 11.2. The van der Waals surface area contributed by atoms with E-state index >= 15 is 0 Å². The second-order valence-electron chi connectivity index (χ2n) is 3.27. The zero-order chi connectivity index (χ0) is 10.8.